The minimum atomic E-state index is -0.124. The molecule has 0 bridgehead atoms. The smallest absolute Gasteiger partial charge is 0.257 e. The van der Waals surface area contributed by atoms with Crippen LogP contribution >= 0.6 is 12.4 Å². The van der Waals surface area contributed by atoms with E-state index in [1.54, 1.807) is 26.4 Å². The molecular weight excluding hydrogens is 190 g/mol. The molecule has 4 nitrogen and oxygen atoms in total. The number of amides is 1. The average Bonchev–Trinajstić information content (AvgIpc) is 2.04. The number of carbonyl (C=O) groups excluding carboxylic acids is 1. The largest absolute Gasteiger partial charge is 0.398 e. The van der Waals surface area contributed by atoms with E-state index in [0.29, 0.717) is 11.3 Å². The standard InChI is InChI=1S/C8H11N3O.ClH/c1-11(2)8(12)6-5-10-4-3-7(6)9;/h3-5H,1-2H3,(H2,9,10);1H. The Kier molecular flexibility index (Phi) is 4.20. The van der Waals surface area contributed by atoms with E-state index in [2.05, 4.69) is 4.98 Å². The molecule has 72 valence electrons. The minimum Gasteiger partial charge on any atom is -0.398 e. The highest BCUT2D eigenvalue weighted by Crippen LogP contribution is 2.09. The molecule has 1 aromatic rings. The van der Waals surface area contributed by atoms with Crippen LogP contribution in [-0.2, 0) is 0 Å². The lowest BCUT2D eigenvalue weighted by Gasteiger charge is -2.10. The minimum absolute atomic E-state index is 0. The van der Waals surface area contributed by atoms with Crippen LogP contribution in [0, 0.1) is 0 Å². The predicted octanol–water partition coefficient (Wildman–Crippen LogP) is 0.787. The average molecular weight is 202 g/mol. The van der Waals surface area contributed by atoms with Crippen LogP contribution in [0.3, 0.4) is 0 Å². The van der Waals surface area contributed by atoms with Crippen LogP contribution in [0.5, 0.6) is 0 Å². The lowest BCUT2D eigenvalue weighted by Crippen LogP contribution is -2.22. The normalized spacial score (nSPS) is 8.77. The van der Waals surface area contributed by atoms with Gasteiger partial charge in [0.25, 0.3) is 5.91 Å². The van der Waals surface area contributed by atoms with E-state index < -0.39 is 0 Å². The van der Waals surface area contributed by atoms with Gasteiger partial charge >= 0.3 is 0 Å². The third kappa shape index (κ3) is 2.59. The summed E-state index contributed by atoms with van der Waals surface area (Å²) < 4.78 is 0. The molecular formula is C8H12ClN3O. The number of carbonyl (C=O) groups is 1. The van der Waals surface area contributed by atoms with Gasteiger partial charge in [-0.05, 0) is 6.07 Å². The highest BCUT2D eigenvalue weighted by atomic mass is 35.5. The predicted molar refractivity (Wildman–Crippen MR) is 53.9 cm³/mol. The number of hydrogen-bond acceptors (Lipinski definition) is 3. The first-order valence-corrected chi connectivity index (χ1v) is 3.54. The first kappa shape index (κ1) is 11.7. The molecule has 5 heteroatoms. The third-order valence-electron chi connectivity index (χ3n) is 1.49. The Hall–Kier alpha value is -1.29. The van der Waals surface area contributed by atoms with Gasteiger partial charge in [0.05, 0.1) is 5.56 Å². The Morgan fingerprint density at radius 2 is 2.15 bits per heavy atom. The van der Waals surface area contributed by atoms with Gasteiger partial charge in [-0.1, -0.05) is 0 Å². The summed E-state index contributed by atoms with van der Waals surface area (Å²) in [6.07, 6.45) is 3.03. The van der Waals surface area contributed by atoms with Crippen LogP contribution in [-0.4, -0.2) is 29.9 Å². The SMILES string of the molecule is CN(C)C(=O)c1cnccc1N.Cl. The van der Waals surface area contributed by atoms with Crippen LogP contribution in [0.1, 0.15) is 10.4 Å². The molecule has 0 fully saturated rings. The highest BCUT2D eigenvalue weighted by molar-refractivity contribution is 5.98. The van der Waals surface area contributed by atoms with Crippen LogP contribution in [0.2, 0.25) is 0 Å². The number of nitrogen functional groups attached to an aromatic ring is 1. The summed E-state index contributed by atoms with van der Waals surface area (Å²) in [6, 6.07) is 1.61. The van der Waals surface area contributed by atoms with Crippen LogP contribution in [0.15, 0.2) is 18.5 Å². The van der Waals surface area contributed by atoms with Crippen molar-refractivity contribution in [2.24, 2.45) is 0 Å². The molecule has 1 rings (SSSR count). The van der Waals surface area contributed by atoms with Crippen LogP contribution in [0.4, 0.5) is 5.69 Å². The number of nitrogens with zero attached hydrogens (tertiary/aromatic N) is 2. The fraction of sp³-hybridized carbons (Fsp3) is 0.250. The van der Waals surface area contributed by atoms with Crippen molar-refractivity contribution in [3.63, 3.8) is 0 Å². The number of nitrogens with two attached hydrogens (primary N) is 1. The van der Waals surface area contributed by atoms with Gasteiger partial charge in [0.1, 0.15) is 0 Å². The summed E-state index contributed by atoms with van der Waals surface area (Å²) in [5, 5.41) is 0. The van der Waals surface area contributed by atoms with E-state index in [1.807, 2.05) is 0 Å². The fourth-order valence-corrected chi connectivity index (χ4v) is 0.825. The van der Waals surface area contributed by atoms with E-state index in [4.69, 9.17) is 5.73 Å². The van der Waals surface area contributed by atoms with Gasteiger partial charge in [0.15, 0.2) is 0 Å². The molecule has 2 N–H and O–H groups in total. The van der Waals surface area contributed by atoms with Gasteiger partial charge in [-0.3, -0.25) is 9.78 Å². The zero-order valence-electron chi connectivity index (χ0n) is 7.52. The Balaban J connectivity index is 0.00000144. The Morgan fingerprint density at radius 1 is 1.54 bits per heavy atom. The molecule has 0 atom stereocenters. The van der Waals surface area contributed by atoms with Gasteiger partial charge in [-0.15, -0.1) is 12.4 Å². The second-order valence-corrected chi connectivity index (χ2v) is 2.66. The Morgan fingerprint density at radius 3 is 2.62 bits per heavy atom. The van der Waals surface area contributed by atoms with Gasteiger partial charge in [0.2, 0.25) is 0 Å². The van der Waals surface area contributed by atoms with E-state index in [0.717, 1.165) is 0 Å². The maximum atomic E-state index is 11.4. The lowest BCUT2D eigenvalue weighted by atomic mass is 10.2. The van der Waals surface area contributed by atoms with Gasteiger partial charge in [-0.2, -0.15) is 0 Å². The summed E-state index contributed by atoms with van der Waals surface area (Å²) in [5.74, 6) is -0.124. The summed E-state index contributed by atoms with van der Waals surface area (Å²) in [5.41, 5.74) is 6.48. The molecule has 0 aliphatic heterocycles. The second kappa shape index (κ2) is 4.67. The van der Waals surface area contributed by atoms with Crippen molar-refractivity contribution in [3.8, 4) is 0 Å². The van der Waals surface area contributed by atoms with Crippen molar-refractivity contribution in [1.29, 1.82) is 0 Å². The van der Waals surface area contributed by atoms with E-state index in [-0.39, 0.29) is 18.3 Å². The molecule has 1 aromatic heterocycles. The molecule has 1 amide bonds. The Labute approximate surface area is 83.2 Å². The molecule has 0 unspecified atom stereocenters. The van der Waals surface area contributed by atoms with Crippen molar-refractivity contribution >= 4 is 24.0 Å². The molecule has 0 saturated heterocycles. The molecule has 0 aliphatic carbocycles. The summed E-state index contributed by atoms with van der Waals surface area (Å²) in [7, 11) is 3.35. The van der Waals surface area contributed by atoms with Gasteiger partial charge in [0, 0.05) is 32.2 Å². The number of rotatable bonds is 1. The number of hydrogen-bond donors (Lipinski definition) is 1. The van der Waals surface area contributed by atoms with Crippen molar-refractivity contribution in [2.45, 2.75) is 0 Å². The molecule has 1 heterocycles. The zero-order valence-corrected chi connectivity index (χ0v) is 8.34. The van der Waals surface area contributed by atoms with E-state index >= 15 is 0 Å². The lowest BCUT2D eigenvalue weighted by molar-refractivity contribution is 0.0828. The first-order chi connectivity index (χ1) is 5.63. The van der Waals surface area contributed by atoms with Crippen molar-refractivity contribution in [3.05, 3.63) is 24.0 Å². The molecule has 0 radical (unpaired) electrons. The quantitative estimate of drug-likeness (QED) is 0.731. The second-order valence-electron chi connectivity index (χ2n) is 2.66. The van der Waals surface area contributed by atoms with Gasteiger partial charge < -0.3 is 10.6 Å². The maximum Gasteiger partial charge on any atom is 0.257 e. The van der Waals surface area contributed by atoms with Crippen LogP contribution < -0.4 is 5.73 Å². The Bertz CT molecular complexity index is 301. The topological polar surface area (TPSA) is 59.2 Å². The van der Waals surface area contributed by atoms with Gasteiger partial charge in [-0.25, -0.2) is 0 Å². The monoisotopic (exact) mass is 201 g/mol. The zero-order chi connectivity index (χ0) is 9.14. The third-order valence-corrected chi connectivity index (χ3v) is 1.49. The number of aromatic nitrogens is 1. The number of halogens is 1. The summed E-state index contributed by atoms with van der Waals surface area (Å²) >= 11 is 0. The van der Waals surface area contributed by atoms with Crippen molar-refractivity contribution in [1.82, 2.24) is 9.88 Å². The molecule has 0 aliphatic rings. The van der Waals surface area contributed by atoms with Crippen molar-refractivity contribution < 1.29 is 4.79 Å². The van der Waals surface area contributed by atoms with Crippen LogP contribution in [0.25, 0.3) is 0 Å². The highest BCUT2D eigenvalue weighted by Gasteiger charge is 2.10. The number of anilines is 1. The summed E-state index contributed by atoms with van der Waals surface area (Å²) in [6.45, 7) is 0. The van der Waals surface area contributed by atoms with Crippen molar-refractivity contribution in [2.75, 3.05) is 19.8 Å². The molecule has 0 saturated carbocycles. The first-order valence-electron chi connectivity index (χ1n) is 3.54. The fourth-order valence-electron chi connectivity index (χ4n) is 0.825. The van der Waals surface area contributed by atoms with E-state index in [1.165, 1.54) is 11.1 Å². The van der Waals surface area contributed by atoms with E-state index in [9.17, 15) is 4.79 Å². The summed E-state index contributed by atoms with van der Waals surface area (Å²) in [4.78, 5) is 16.7. The molecule has 0 aromatic carbocycles. The molecule has 13 heavy (non-hydrogen) atoms. The number of pyridine rings is 1. The molecule has 0 spiro atoms. The maximum absolute atomic E-state index is 11.4.